The van der Waals surface area contributed by atoms with E-state index in [1.807, 2.05) is 0 Å². The van der Waals surface area contributed by atoms with E-state index in [0.717, 1.165) is 13.0 Å². The van der Waals surface area contributed by atoms with Gasteiger partial charge in [0.2, 0.25) is 5.69 Å². The van der Waals surface area contributed by atoms with Crippen molar-refractivity contribution in [3.05, 3.63) is 65.9 Å². The minimum atomic E-state index is 1.09. The van der Waals surface area contributed by atoms with Crippen molar-refractivity contribution in [1.29, 1.82) is 0 Å². The van der Waals surface area contributed by atoms with Crippen LogP contribution in [0.1, 0.15) is 11.3 Å². The molecule has 92 valence electrons. The molecule has 0 aliphatic carbocycles. The largest absolute Gasteiger partial charge is 0.213 e. The normalized spacial score (nSPS) is 13.1. The van der Waals surface area contributed by atoms with Gasteiger partial charge in [-0.25, -0.2) is 0 Å². The molecule has 0 saturated carbocycles. The highest BCUT2D eigenvalue weighted by Gasteiger charge is 2.25. The summed E-state index contributed by atoms with van der Waals surface area (Å²) in [5.74, 6) is 0. The maximum Gasteiger partial charge on any atom is 0.213 e. The number of hydrogen-bond donors (Lipinski definition) is 0. The summed E-state index contributed by atoms with van der Waals surface area (Å²) in [6.07, 6.45) is 1.13. The fourth-order valence-electron chi connectivity index (χ4n) is 3.24. The van der Waals surface area contributed by atoms with Crippen LogP contribution in [0, 0.1) is 6.92 Å². The predicted molar refractivity (Wildman–Crippen MR) is 78.0 cm³/mol. The molecule has 1 aliphatic rings. The average Bonchev–Trinajstić information content (AvgIpc) is 2.47. The number of pyridine rings is 1. The molecule has 19 heavy (non-hydrogen) atoms. The lowest BCUT2D eigenvalue weighted by atomic mass is 9.95. The van der Waals surface area contributed by atoms with E-state index in [1.54, 1.807) is 0 Å². The van der Waals surface area contributed by atoms with E-state index >= 15 is 0 Å². The Labute approximate surface area is 113 Å². The molecule has 0 fully saturated rings. The summed E-state index contributed by atoms with van der Waals surface area (Å²) in [6.45, 7) is 3.32. The number of aryl methyl sites for hydroxylation is 2. The zero-order chi connectivity index (χ0) is 12.8. The molecular formula is C18H16N+. The van der Waals surface area contributed by atoms with Crippen molar-refractivity contribution >= 4 is 10.8 Å². The summed E-state index contributed by atoms with van der Waals surface area (Å²) in [5.41, 5.74) is 5.60. The summed E-state index contributed by atoms with van der Waals surface area (Å²) in [5, 5.41) is 2.70. The Hall–Kier alpha value is -2.15. The molecule has 2 heterocycles. The fraction of sp³-hybridized carbons (Fsp3) is 0.167. The summed E-state index contributed by atoms with van der Waals surface area (Å²) < 4.78 is 2.46. The second kappa shape index (κ2) is 3.92. The first-order valence-corrected chi connectivity index (χ1v) is 6.85. The summed E-state index contributed by atoms with van der Waals surface area (Å²) in [4.78, 5) is 0. The summed E-state index contributed by atoms with van der Waals surface area (Å²) in [7, 11) is 0. The Morgan fingerprint density at radius 1 is 0.947 bits per heavy atom. The highest BCUT2D eigenvalue weighted by molar-refractivity contribution is 5.86. The molecule has 0 amide bonds. The van der Waals surface area contributed by atoms with Crippen molar-refractivity contribution in [1.82, 2.24) is 0 Å². The second-order valence-electron chi connectivity index (χ2n) is 5.26. The van der Waals surface area contributed by atoms with Crippen LogP contribution in [-0.4, -0.2) is 0 Å². The number of benzene rings is 2. The fourth-order valence-corrected chi connectivity index (χ4v) is 3.24. The Morgan fingerprint density at radius 3 is 2.68 bits per heavy atom. The third-order valence-electron chi connectivity index (χ3n) is 4.24. The smallest absolute Gasteiger partial charge is 0.195 e. The van der Waals surface area contributed by atoms with Crippen molar-refractivity contribution in [2.45, 2.75) is 19.9 Å². The van der Waals surface area contributed by atoms with Crippen LogP contribution in [0.2, 0.25) is 0 Å². The van der Waals surface area contributed by atoms with Crippen LogP contribution in [0.5, 0.6) is 0 Å². The van der Waals surface area contributed by atoms with Gasteiger partial charge in [0.1, 0.15) is 0 Å². The maximum absolute atomic E-state index is 2.46. The molecule has 2 aromatic carbocycles. The minimum Gasteiger partial charge on any atom is -0.195 e. The van der Waals surface area contributed by atoms with E-state index in [-0.39, 0.29) is 0 Å². The summed E-state index contributed by atoms with van der Waals surface area (Å²) in [6, 6.07) is 19.8. The van der Waals surface area contributed by atoms with Gasteiger partial charge in [-0.15, -0.1) is 0 Å². The van der Waals surface area contributed by atoms with Crippen molar-refractivity contribution in [2.75, 3.05) is 0 Å². The van der Waals surface area contributed by atoms with E-state index in [1.165, 1.54) is 33.3 Å². The van der Waals surface area contributed by atoms with Gasteiger partial charge in [0.25, 0.3) is 0 Å². The van der Waals surface area contributed by atoms with Gasteiger partial charge in [0.05, 0.1) is 0 Å². The lowest BCUT2D eigenvalue weighted by molar-refractivity contribution is -0.692. The van der Waals surface area contributed by atoms with E-state index in [0.29, 0.717) is 0 Å². The molecule has 0 radical (unpaired) electrons. The van der Waals surface area contributed by atoms with Crippen molar-refractivity contribution in [3.63, 3.8) is 0 Å². The molecule has 1 nitrogen and oxygen atoms in total. The molecule has 1 aliphatic heterocycles. The van der Waals surface area contributed by atoms with Crippen molar-refractivity contribution < 1.29 is 4.57 Å². The Balaban J connectivity index is 2.11. The third kappa shape index (κ3) is 1.51. The SMILES string of the molecule is Cc1c2ccccc2cc2[n+]1CCc1ccccc1-2. The van der Waals surface area contributed by atoms with Crippen LogP contribution >= 0.6 is 0 Å². The van der Waals surface area contributed by atoms with Crippen LogP contribution < -0.4 is 4.57 Å². The third-order valence-corrected chi connectivity index (χ3v) is 4.24. The minimum absolute atomic E-state index is 1.09. The molecule has 0 saturated heterocycles. The van der Waals surface area contributed by atoms with Gasteiger partial charge in [-0.1, -0.05) is 36.4 Å². The molecule has 0 atom stereocenters. The Morgan fingerprint density at radius 2 is 1.74 bits per heavy atom. The standard InChI is InChI=1S/C18H16N/c1-13-16-8-4-3-7-15(16)12-18-17-9-5-2-6-14(17)10-11-19(13)18/h2-9,12H,10-11H2,1H3/q+1. The summed E-state index contributed by atoms with van der Waals surface area (Å²) >= 11 is 0. The Kier molecular flexibility index (Phi) is 2.22. The molecular weight excluding hydrogens is 230 g/mol. The second-order valence-corrected chi connectivity index (χ2v) is 5.26. The zero-order valence-electron chi connectivity index (χ0n) is 11.1. The number of rotatable bonds is 0. The molecule has 4 rings (SSSR count). The van der Waals surface area contributed by atoms with Crippen LogP contribution in [0.3, 0.4) is 0 Å². The highest BCUT2D eigenvalue weighted by atomic mass is 15.0. The molecule has 3 aromatic rings. The molecule has 0 spiro atoms. The van der Waals surface area contributed by atoms with Gasteiger partial charge in [0, 0.05) is 30.4 Å². The van der Waals surface area contributed by atoms with Crippen LogP contribution in [0.15, 0.2) is 54.6 Å². The first-order chi connectivity index (χ1) is 9.34. The lowest BCUT2D eigenvalue weighted by Gasteiger charge is -2.17. The first-order valence-electron chi connectivity index (χ1n) is 6.85. The highest BCUT2D eigenvalue weighted by Crippen LogP contribution is 2.28. The van der Waals surface area contributed by atoms with Gasteiger partial charge in [-0.3, -0.25) is 0 Å². The molecule has 0 N–H and O–H groups in total. The number of nitrogens with zero attached hydrogens (tertiary/aromatic N) is 1. The maximum atomic E-state index is 2.46. The van der Waals surface area contributed by atoms with Gasteiger partial charge in [-0.2, -0.15) is 4.57 Å². The number of hydrogen-bond acceptors (Lipinski definition) is 0. The van der Waals surface area contributed by atoms with Crippen molar-refractivity contribution in [3.8, 4) is 11.3 Å². The van der Waals surface area contributed by atoms with Gasteiger partial charge in [-0.05, 0) is 23.1 Å². The van der Waals surface area contributed by atoms with Gasteiger partial charge < -0.3 is 0 Å². The Bertz CT molecular complexity index is 787. The molecule has 0 bridgehead atoms. The number of fused-ring (bicyclic) bond motifs is 4. The average molecular weight is 246 g/mol. The molecule has 0 unspecified atom stereocenters. The molecule has 1 aromatic heterocycles. The first kappa shape index (κ1) is 10.7. The number of aromatic nitrogens is 1. The van der Waals surface area contributed by atoms with E-state index in [2.05, 4.69) is 66.1 Å². The zero-order valence-corrected chi connectivity index (χ0v) is 11.1. The van der Waals surface area contributed by atoms with E-state index < -0.39 is 0 Å². The van der Waals surface area contributed by atoms with Gasteiger partial charge in [0.15, 0.2) is 12.2 Å². The van der Waals surface area contributed by atoms with E-state index in [9.17, 15) is 0 Å². The van der Waals surface area contributed by atoms with Crippen LogP contribution in [0.25, 0.3) is 22.0 Å². The monoisotopic (exact) mass is 246 g/mol. The lowest BCUT2D eigenvalue weighted by Crippen LogP contribution is -2.43. The topological polar surface area (TPSA) is 3.88 Å². The van der Waals surface area contributed by atoms with Gasteiger partial charge >= 0.3 is 0 Å². The predicted octanol–water partition coefficient (Wildman–Crippen LogP) is 3.66. The van der Waals surface area contributed by atoms with Crippen LogP contribution in [0.4, 0.5) is 0 Å². The quantitative estimate of drug-likeness (QED) is 0.533. The van der Waals surface area contributed by atoms with E-state index in [4.69, 9.17) is 0 Å². The van der Waals surface area contributed by atoms with Crippen LogP contribution in [-0.2, 0) is 13.0 Å². The van der Waals surface area contributed by atoms with Crippen molar-refractivity contribution in [2.24, 2.45) is 0 Å². The molecule has 1 heteroatoms.